The number of fused-ring (bicyclic) bond motifs is 1. The Morgan fingerprint density at radius 3 is 3.00 bits per heavy atom. The van der Waals surface area contributed by atoms with Gasteiger partial charge in [-0.2, -0.15) is 5.26 Å². The van der Waals surface area contributed by atoms with Crippen LogP contribution >= 0.6 is 22.6 Å². The zero-order chi connectivity index (χ0) is 8.55. The van der Waals surface area contributed by atoms with E-state index in [1.54, 1.807) is 6.20 Å². The molecule has 1 heterocycles. The third kappa shape index (κ3) is 1.08. The van der Waals surface area contributed by atoms with Crippen LogP contribution in [0.15, 0.2) is 24.4 Å². The largest absolute Gasteiger partial charge is 0.360 e. The summed E-state index contributed by atoms with van der Waals surface area (Å²) in [6, 6.07) is 8.12. The van der Waals surface area contributed by atoms with Crippen LogP contribution in [0.2, 0.25) is 0 Å². The third-order valence-corrected chi connectivity index (χ3v) is 2.44. The topological polar surface area (TPSA) is 39.6 Å². The molecule has 0 bridgehead atoms. The van der Waals surface area contributed by atoms with Gasteiger partial charge in [0.25, 0.3) is 0 Å². The number of rotatable bonds is 0. The normalized spacial score (nSPS) is 10.0. The summed E-state index contributed by atoms with van der Waals surface area (Å²) < 4.78 is 1.17. The summed E-state index contributed by atoms with van der Waals surface area (Å²) in [5.74, 6) is 0. The first kappa shape index (κ1) is 7.62. The molecular formula is C9H5IN2. The number of halogens is 1. The lowest BCUT2D eigenvalue weighted by atomic mass is 10.2. The number of hydrogen-bond donors (Lipinski definition) is 1. The van der Waals surface area contributed by atoms with Crippen LogP contribution in [0.4, 0.5) is 0 Å². The zero-order valence-corrected chi connectivity index (χ0v) is 8.29. The number of aromatic amines is 1. The second kappa shape index (κ2) is 2.79. The molecule has 2 nitrogen and oxygen atoms in total. The standard InChI is InChI=1S/C9H5IN2/c10-7-1-2-8-6(4-11)5-12-9(8)3-7/h1-3,5,12H. The SMILES string of the molecule is N#Cc1c[nH]c2cc(I)ccc12. The highest BCUT2D eigenvalue weighted by Gasteiger charge is 2.01. The maximum Gasteiger partial charge on any atom is 0.101 e. The molecule has 0 atom stereocenters. The van der Waals surface area contributed by atoms with Crippen LogP contribution in [0.5, 0.6) is 0 Å². The van der Waals surface area contributed by atoms with Crippen molar-refractivity contribution in [1.29, 1.82) is 5.26 Å². The molecule has 1 N–H and O–H groups in total. The highest BCUT2D eigenvalue weighted by Crippen LogP contribution is 2.19. The Kier molecular flexibility index (Phi) is 1.77. The average Bonchev–Trinajstić information content (AvgIpc) is 2.46. The monoisotopic (exact) mass is 268 g/mol. The van der Waals surface area contributed by atoms with Crippen LogP contribution in [0, 0.1) is 14.9 Å². The smallest absolute Gasteiger partial charge is 0.101 e. The predicted molar refractivity (Wildman–Crippen MR) is 55.7 cm³/mol. The van der Waals surface area contributed by atoms with Gasteiger partial charge in [-0.25, -0.2) is 0 Å². The Morgan fingerprint density at radius 2 is 2.25 bits per heavy atom. The van der Waals surface area contributed by atoms with Crippen LogP contribution in [0.1, 0.15) is 5.56 Å². The van der Waals surface area contributed by atoms with E-state index in [0.717, 1.165) is 10.9 Å². The summed E-state index contributed by atoms with van der Waals surface area (Å²) in [4.78, 5) is 3.05. The second-order valence-corrected chi connectivity index (χ2v) is 3.75. The number of nitrogens with zero attached hydrogens (tertiary/aromatic N) is 1. The Bertz CT molecular complexity index is 465. The van der Waals surface area contributed by atoms with Crippen molar-refractivity contribution in [2.75, 3.05) is 0 Å². The maximum atomic E-state index is 8.72. The van der Waals surface area contributed by atoms with E-state index < -0.39 is 0 Å². The fourth-order valence-corrected chi connectivity index (χ4v) is 1.68. The van der Waals surface area contributed by atoms with Crippen molar-refractivity contribution in [2.24, 2.45) is 0 Å². The van der Waals surface area contributed by atoms with Crippen LogP contribution < -0.4 is 0 Å². The van der Waals surface area contributed by atoms with Gasteiger partial charge in [0, 0.05) is 20.7 Å². The Labute approximate surface area is 83.3 Å². The molecule has 3 heteroatoms. The van der Waals surface area contributed by atoms with E-state index in [1.165, 1.54) is 3.57 Å². The fourth-order valence-electron chi connectivity index (χ4n) is 1.19. The minimum atomic E-state index is 0.710. The number of benzene rings is 1. The lowest BCUT2D eigenvalue weighted by Crippen LogP contribution is -1.72. The number of H-pyrrole nitrogens is 1. The molecule has 0 spiro atoms. The highest BCUT2D eigenvalue weighted by atomic mass is 127. The van der Waals surface area contributed by atoms with Crippen molar-refractivity contribution in [3.8, 4) is 6.07 Å². The van der Waals surface area contributed by atoms with E-state index in [2.05, 4.69) is 33.6 Å². The minimum Gasteiger partial charge on any atom is -0.360 e. The van der Waals surface area contributed by atoms with E-state index in [-0.39, 0.29) is 0 Å². The molecule has 1 aromatic carbocycles. The first-order chi connectivity index (χ1) is 5.81. The van der Waals surface area contributed by atoms with Gasteiger partial charge in [-0.05, 0) is 34.7 Å². The molecule has 0 saturated heterocycles. The van der Waals surface area contributed by atoms with Crippen molar-refractivity contribution >= 4 is 33.5 Å². The lowest BCUT2D eigenvalue weighted by molar-refractivity contribution is 1.44. The zero-order valence-electron chi connectivity index (χ0n) is 6.13. The Hall–Kier alpha value is -1.02. The highest BCUT2D eigenvalue weighted by molar-refractivity contribution is 14.1. The van der Waals surface area contributed by atoms with Crippen molar-refractivity contribution in [1.82, 2.24) is 4.98 Å². The van der Waals surface area contributed by atoms with E-state index in [0.29, 0.717) is 5.56 Å². The quantitative estimate of drug-likeness (QED) is 0.733. The van der Waals surface area contributed by atoms with Gasteiger partial charge in [-0.1, -0.05) is 6.07 Å². The number of aromatic nitrogens is 1. The summed E-state index contributed by atoms with van der Waals surface area (Å²) in [7, 11) is 0. The summed E-state index contributed by atoms with van der Waals surface area (Å²) in [5.41, 5.74) is 1.74. The van der Waals surface area contributed by atoms with Crippen molar-refractivity contribution < 1.29 is 0 Å². The third-order valence-electron chi connectivity index (χ3n) is 1.76. The van der Waals surface area contributed by atoms with Crippen LogP contribution in [0.3, 0.4) is 0 Å². The van der Waals surface area contributed by atoms with Gasteiger partial charge in [0.1, 0.15) is 6.07 Å². The molecule has 12 heavy (non-hydrogen) atoms. The summed E-state index contributed by atoms with van der Waals surface area (Å²) >= 11 is 2.25. The lowest BCUT2D eigenvalue weighted by Gasteiger charge is -1.90. The molecule has 0 saturated carbocycles. The summed E-state index contributed by atoms with van der Waals surface area (Å²) in [6.07, 6.45) is 1.74. The summed E-state index contributed by atoms with van der Waals surface area (Å²) in [5, 5.41) is 9.72. The van der Waals surface area contributed by atoms with Gasteiger partial charge in [-0.15, -0.1) is 0 Å². The van der Waals surface area contributed by atoms with E-state index >= 15 is 0 Å². The fraction of sp³-hybridized carbons (Fsp3) is 0. The molecule has 0 radical (unpaired) electrons. The second-order valence-electron chi connectivity index (χ2n) is 2.50. The van der Waals surface area contributed by atoms with Crippen LogP contribution in [-0.4, -0.2) is 4.98 Å². The minimum absolute atomic E-state index is 0.710. The number of hydrogen-bond acceptors (Lipinski definition) is 1. The molecule has 1 aromatic heterocycles. The van der Waals surface area contributed by atoms with Gasteiger partial charge in [0.15, 0.2) is 0 Å². The van der Waals surface area contributed by atoms with Crippen LogP contribution in [-0.2, 0) is 0 Å². The molecule has 0 aliphatic rings. The number of nitriles is 1. The van der Waals surface area contributed by atoms with E-state index in [9.17, 15) is 0 Å². The van der Waals surface area contributed by atoms with Gasteiger partial charge in [0.2, 0.25) is 0 Å². The molecule has 0 amide bonds. The van der Waals surface area contributed by atoms with Gasteiger partial charge >= 0.3 is 0 Å². The first-order valence-corrected chi connectivity index (χ1v) is 4.56. The van der Waals surface area contributed by atoms with Gasteiger partial charge in [-0.3, -0.25) is 0 Å². The molecule has 0 aliphatic heterocycles. The molecule has 2 rings (SSSR count). The van der Waals surface area contributed by atoms with E-state index in [1.807, 2.05) is 18.2 Å². The molecule has 58 valence electrons. The van der Waals surface area contributed by atoms with Gasteiger partial charge < -0.3 is 4.98 Å². The first-order valence-electron chi connectivity index (χ1n) is 3.48. The van der Waals surface area contributed by atoms with Crippen molar-refractivity contribution in [3.05, 3.63) is 33.5 Å². The average molecular weight is 268 g/mol. The van der Waals surface area contributed by atoms with Crippen molar-refractivity contribution in [2.45, 2.75) is 0 Å². The van der Waals surface area contributed by atoms with Gasteiger partial charge in [0.05, 0.1) is 5.56 Å². The molecule has 0 fully saturated rings. The Balaban J connectivity index is 2.84. The van der Waals surface area contributed by atoms with E-state index in [4.69, 9.17) is 5.26 Å². The molecular weight excluding hydrogens is 263 g/mol. The molecule has 0 aliphatic carbocycles. The molecule has 0 unspecified atom stereocenters. The summed E-state index contributed by atoms with van der Waals surface area (Å²) in [6.45, 7) is 0. The molecule has 2 aromatic rings. The number of nitrogens with one attached hydrogen (secondary N) is 1. The Morgan fingerprint density at radius 1 is 1.42 bits per heavy atom. The maximum absolute atomic E-state index is 8.72. The van der Waals surface area contributed by atoms with Crippen LogP contribution in [0.25, 0.3) is 10.9 Å². The van der Waals surface area contributed by atoms with Crippen molar-refractivity contribution in [3.63, 3.8) is 0 Å². The predicted octanol–water partition coefficient (Wildman–Crippen LogP) is 2.64.